The molecule has 0 aliphatic carbocycles. The van der Waals surface area contributed by atoms with E-state index in [9.17, 15) is 13.6 Å². The molecule has 7 heteroatoms. The largest absolute Gasteiger partial charge is 0.370 e. The number of ether oxygens (including phenoxy) is 1. The van der Waals surface area contributed by atoms with Crippen molar-refractivity contribution in [3.05, 3.63) is 53.4 Å². The van der Waals surface area contributed by atoms with Gasteiger partial charge in [0, 0.05) is 18.8 Å². The fourth-order valence-electron chi connectivity index (χ4n) is 2.66. The number of nitrogens with zero attached hydrogens (tertiary/aromatic N) is 3. The summed E-state index contributed by atoms with van der Waals surface area (Å²) in [7, 11) is 0. The maximum Gasteiger partial charge on any atom is 0.257 e. The zero-order valence-electron chi connectivity index (χ0n) is 13.6. The molecule has 2 aromatic rings. The van der Waals surface area contributed by atoms with E-state index in [2.05, 4.69) is 5.10 Å². The van der Waals surface area contributed by atoms with Crippen LogP contribution in [0.25, 0.3) is 0 Å². The van der Waals surface area contributed by atoms with Gasteiger partial charge in [0.1, 0.15) is 6.10 Å². The first-order chi connectivity index (χ1) is 11.5. The molecule has 0 spiro atoms. The number of hydrogen-bond donors (Lipinski definition) is 0. The molecule has 128 valence electrons. The van der Waals surface area contributed by atoms with Crippen LogP contribution in [0.2, 0.25) is 0 Å². The summed E-state index contributed by atoms with van der Waals surface area (Å²) in [5.41, 5.74) is 1.03. The second kappa shape index (κ2) is 6.68. The highest BCUT2D eigenvalue weighted by Gasteiger charge is 2.27. The standard InChI is InChI=1S/C17H19F2N3O2/c1-11(2)22-9-13(8-20-22)17(23)21-5-6-24-16(10-21)12-3-4-14(18)15(19)7-12/h3-4,7-9,11,16H,5-6,10H2,1-2H3/t16-/m1/s1. The minimum absolute atomic E-state index is 0.141. The number of carbonyl (C=O) groups excluding carboxylic acids is 1. The van der Waals surface area contributed by atoms with Gasteiger partial charge >= 0.3 is 0 Å². The highest BCUT2D eigenvalue weighted by molar-refractivity contribution is 5.93. The van der Waals surface area contributed by atoms with Crippen molar-refractivity contribution in [2.24, 2.45) is 0 Å². The van der Waals surface area contributed by atoms with Crippen LogP contribution in [0.15, 0.2) is 30.6 Å². The van der Waals surface area contributed by atoms with Gasteiger partial charge in [-0.2, -0.15) is 5.10 Å². The molecule has 2 heterocycles. The lowest BCUT2D eigenvalue weighted by Gasteiger charge is -2.33. The van der Waals surface area contributed by atoms with E-state index >= 15 is 0 Å². The van der Waals surface area contributed by atoms with Crippen LogP contribution in [-0.4, -0.2) is 40.3 Å². The summed E-state index contributed by atoms with van der Waals surface area (Å²) in [5, 5.41) is 4.18. The van der Waals surface area contributed by atoms with Crippen LogP contribution < -0.4 is 0 Å². The number of hydrogen-bond acceptors (Lipinski definition) is 3. The Kier molecular flexibility index (Phi) is 4.62. The zero-order chi connectivity index (χ0) is 17.3. The van der Waals surface area contributed by atoms with Crippen LogP contribution in [0, 0.1) is 11.6 Å². The number of carbonyl (C=O) groups is 1. The lowest BCUT2D eigenvalue weighted by molar-refractivity contribution is -0.0229. The van der Waals surface area contributed by atoms with Crippen molar-refractivity contribution in [3.63, 3.8) is 0 Å². The highest BCUT2D eigenvalue weighted by Crippen LogP contribution is 2.24. The van der Waals surface area contributed by atoms with Gasteiger partial charge in [-0.05, 0) is 31.5 Å². The molecule has 24 heavy (non-hydrogen) atoms. The number of benzene rings is 1. The SMILES string of the molecule is CC(C)n1cc(C(=O)N2CCO[C@@H](c3ccc(F)c(F)c3)C2)cn1. The number of aromatic nitrogens is 2. The van der Waals surface area contributed by atoms with Gasteiger partial charge in [-0.25, -0.2) is 8.78 Å². The van der Waals surface area contributed by atoms with Crippen LogP contribution in [0.5, 0.6) is 0 Å². The molecule has 0 saturated carbocycles. The summed E-state index contributed by atoms with van der Waals surface area (Å²) in [6, 6.07) is 3.84. The number of amides is 1. The normalized spacial score (nSPS) is 18.2. The van der Waals surface area contributed by atoms with Crippen LogP contribution in [0.4, 0.5) is 8.78 Å². The molecule has 0 radical (unpaired) electrons. The molecule has 1 aromatic heterocycles. The summed E-state index contributed by atoms with van der Waals surface area (Å²) in [6.45, 7) is 5.04. The van der Waals surface area contributed by atoms with Gasteiger partial charge in [0.15, 0.2) is 11.6 Å². The minimum Gasteiger partial charge on any atom is -0.370 e. The van der Waals surface area contributed by atoms with Crippen molar-refractivity contribution in [2.45, 2.75) is 26.0 Å². The summed E-state index contributed by atoms with van der Waals surface area (Å²) in [5.74, 6) is -1.96. The smallest absolute Gasteiger partial charge is 0.257 e. The average molecular weight is 335 g/mol. The average Bonchev–Trinajstić information content (AvgIpc) is 3.07. The second-order valence-electron chi connectivity index (χ2n) is 6.09. The van der Waals surface area contributed by atoms with Crippen LogP contribution in [0.1, 0.15) is 41.9 Å². The third-order valence-electron chi connectivity index (χ3n) is 4.05. The summed E-state index contributed by atoms with van der Waals surface area (Å²) < 4.78 is 33.8. The van der Waals surface area contributed by atoms with Crippen molar-refractivity contribution < 1.29 is 18.3 Å². The maximum atomic E-state index is 13.4. The van der Waals surface area contributed by atoms with E-state index < -0.39 is 17.7 Å². The van der Waals surface area contributed by atoms with Crippen molar-refractivity contribution in [3.8, 4) is 0 Å². The third-order valence-corrected chi connectivity index (χ3v) is 4.05. The molecule has 1 aromatic carbocycles. The fourth-order valence-corrected chi connectivity index (χ4v) is 2.66. The summed E-state index contributed by atoms with van der Waals surface area (Å²) in [4.78, 5) is 14.3. The Hall–Kier alpha value is -2.28. The monoisotopic (exact) mass is 335 g/mol. The van der Waals surface area contributed by atoms with Crippen molar-refractivity contribution in [2.75, 3.05) is 19.7 Å². The molecule has 1 aliphatic rings. The van der Waals surface area contributed by atoms with Gasteiger partial charge in [0.05, 0.1) is 24.9 Å². The molecule has 1 aliphatic heterocycles. The quantitative estimate of drug-likeness (QED) is 0.866. The van der Waals surface area contributed by atoms with E-state index in [1.54, 1.807) is 22.0 Å². The van der Waals surface area contributed by atoms with E-state index in [1.807, 2.05) is 13.8 Å². The Balaban J connectivity index is 1.74. The summed E-state index contributed by atoms with van der Waals surface area (Å²) >= 11 is 0. The van der Waals surface area contributed by atoms with Gasteiger partial charge in [0.25, 0.3) is 5.91 Å². The Bertz CT molecular complexity index is 745. The Morgan fingerprint density at radius 3 is 2.79 bits per heavy atom. The summed E-state index contributed by atoms with van der Waals surface area (Å²) in [6.07, 6.45) is 2.79. The number of rotatable bonds is 3. The Morgan fingerprint density at radius 1 is 1.33 bits per heavy atom. The van der Waals surface area contributed by atoms with Crippen LogP contribution in [-0.2, 0) is 4.74 Å². The van der Waals surface area contributed by atoms with E-state index in [-0.39, 0.29) is 18.5 Å². The van der Waals surface area contributed by atoms with Gasteiger partial charge in [0.2, 0.25) is 0 Å². The molecule has 0 N–H and O–H groups in total. The van der Waals surface area contributed by atoms with Crippen molar-refractivity contribution in [1.82, 2.24) is 14.7 Å². The first-order valence-electron chi connectivity index (χ1n) is 7.85. The van der Waals surface area contributed by atoms with Gasteiger partial charge in [-0.15, -0.1) is 0 Å². The number of halogens is 2. The fraction of sp³-hybridized carbons (Fsp3) is 0.412. The maximum absolute atomic E-state index is 13.4. The lowest BCUT2D eigenvalue weighted by atomic mass is 10.1. The number of morpholine rings is 1. The predicted molar refractivity (Wildman–Crippen MR) is 83.6 cm³/mol. The molecule has 1 atom stereocenters. The third kappa shape index (κ3) is 3.31. The molecule has 5 nitrogen and oxygen atoms in total. The zero-order valence-corrected chi connectivity index (χ0v) is 13.6. The van der Waals surface area contributed by atoms with E-state index in [0.29, 0.717) is 24.3 Å². The van der Waals surface area contributed by atoms with E-state index in [4.69, 9.17) is 4.74 Å². The molecular weight excluding hydrogens is 316 g/mol. The van der Waals surface area contributed by atoms with Crippen LogP contribution >= 0.6 is 0 Å². The molecule has 1 fully saturated rings. The molecule has 1 saturated heterocycles. The Morgan fingerprint density at radius 2 is 2.12 bits per heavy atom. The van der Waals surface area contributed by atoms with Gasteiger partial charge < -0.3 is 9.64 Å². The van der Waals surface area contributed by atoms with Crippen molar-refractivity contribution >= 4 is 5.91 Å². The molecule has 3 rings (SSSR count). The van der Waals surface area contributed by atoms with E-state index in [0.717, 1.165) is 12.1 Å². The molecular formula is C17H19F2N3O2. The molecule has 0 bridgehead atoms. The van der Waals surface area contributed by atoms with Gasteiger partial charge in [-0.1, -0.05) is 6.07 Å². The van der Waals surface area contributed by atoms with E-state index in [1.165, 1.54) is 6.07 Å². The Labute approximate surface area is 138 Å². The van der Waals surface area contributed by atoms with Crippen LogP contribution in [0.3, 0.4) is 0 Å². The second-order valence-corrected chi connectivity index (χ2v) is 6.09. The predicted octanol–water partition coefficient (Wildman–Crippen LogP) is 2.96. The van der Waals surface area contributed by atoms with Crippen molar-refractivity contribution in [1.29, 1.82) is 0 Å². The molecule has 1 amide bonds. The first kappa shape index (κ1) is 16.6. The lowest BCUT2D eigenvalue weighted by Crippen LogP contribution is -2.42. The first-order valence-corrected chi connectivity index (χ1v) is 7.85. The van der Waals surface area contributed by atoms with Gasteiger partial charge in [-0.3, -0.25) is 9.48 Å². The molecule has 0 unspecified atom stereocenters. The highest BCUT2D eigenvalue weighted by atomic mass is 19.2. The topological polar surface area (TPSA) is 47.4 Å². The minimum atomic E-state index is -0.919.